The maximum absolute atomic E-state index is 11.9. The molecule has 90 valence electrons. The van der Waals surface area contributed by atoms with Crippen molar-refractivity contribution in [2.45, 2.75) is 11.3 Å². The summed E-state index contributed by atoms with van der Waals surface area (Å²) < 4.78 is 0. The number of nitrogens with one attached hydrogen (secondary N) is 2. The van der Waals surface area contributed by atoms with Gasteiger partial charge in [0.1, 0.15) is 0 Å². The molecular weight excluding hydrogens is 236 g/mol. The Morgan fingerprint density at radius 2 is 2.29 bits per heavy atom. The fraction of sp³-hybridized carbons (Fsp3) is 0.333. The van der Waals surface area contributed by atoms with E-state index in [0.29, 0.717) is 5.75 Å². The Hall–Kier alpha value is -1.49. The molecule has 1 aromatic rings. The average Bonchev–Trinajstić information content (AvgIpc) is 2.49. The van der Waals surface area contributed by atoms with E-state index in [4.69, 9.17) is 0 Å². The Morgan fingerprint density at radius 1 is 1.53 bits per heavy atom. The number of fused-ring (bicyclic) bond motifs is 1. The number of carbonyl (C=O) groups excluding carboxylic acids is 2. The molecule has 0 aromatic heterocycles. The highest BCUT2D eigenvalue weighted by atomic mass is 32.2. The van der Waals surface area contributed by atoms with Gasteiger partial charge in [-0.25, -0.2) is 0 Å². The summed E-state index contributed by atoms with van der Waals surface area (Å²) in [6.45, 7) is 0. The Labute approximate surface area is 104 Å². The number of para-hydroxylation sites is 1. The van der Waals surface area contributed by atoms with Crippen LogP contribution in [0.3, 0.4) is 0 Å². The highest BCUT2D eigenvalue weighted by molar-refractivity contribution is 7.99. The highest BCUT2D eigenvalue weighted by Gasteiger charge is 2.25. The van der Waals surface area contributed by atoms with E-state index in [0.717, 1.165) is 10.6 Å². The summed E-state index contributed by atoms with van der Waals surface area (Å²) in [5.74, 6) is 0.186. The van der Waals surface area contributed by atoms with Crippen LogP contribution in [0.4, 0.5) is 5.69 Å². The number of benzene rings is 1. The van der Waals surface area contributed by atoms with Crippen molar-refractivity contribution in [1.29, 1.82) is 0 Å². The number of carbonyl (C=O) groups is 2. The minimum absolute atomic E-state index is 0.0777. The van der Waals surface area contributed by atoms with Crippen LogP contribution in [0.15, 0.2) is 29.2 Å². The fourth-order valence-corrected chi connectivity index (χ4v) is 2.77. The molecule has 2 rings (SSSR count). The minimum atomic E-state index is -0.271. The molecule has 1 aromatic carbocycles. The summed E-state index contributed by atoms with van der Waals surface area (Å²) >= 11 is 1.61. The maximum atomic E-state index is 11.9. The van der Waals surface area contributed by atoms with E-state index in [1.165, 1.54) is 0 Å². The van der Waals surface area contributed by atoms with Crippen LogP contribution in [0.25, 0.3) is 0 Å². The summed E-state index contributed by atoms with van der Waals surface area (Å²) in [6.07, 6.45) is 0.239. The smallest absolute Gasteiger partial charge is 0.228 e. The van der Waals surface area contributed by atoms with Gasteiger partial charge in [0.05, 0.1) is 11.6 Å². The van der Waals surface area contributed by atoms with Crippen molar-refractivity contribution in [1.82, 2.24) is 5.32 Å². The lowest BCUT2D eigenvalue weighted by Crippen LogP contribution is -2.29. The quantitative estimate of drug-likeness (QED) is 0.836. The second-order valence-corrected chi connectivity index (χ2v) is 4.93. The molecule has 0 spiro atoms. The van der Waals surface area contributed by atoms with E-state index in [9.17, 15) is 9.59 Å². The first kappa shape index (κ1) is 12.0. The fourth-order valence-electron chi connectivity index (χ4n) is 1.67. The van der Waals surface area contributed by atoms with Gasteiger partial charge in [0.2, 0.25) is 11.8 Å². The van der Waals surface area contributed by atoms with Crippen LogP contribution in [0.1, 0.15) is 6.42 Å². The molecule has 17 heavy (non-hydrogen) atoms. The molecule has 4 nitrogen and oxygen atoms in total. The monoisotopic (exact) mass is 250 g/mol. The third kappa shape index (κ3) is 2.79. The molecule has 2 N–H and O–H groups in total. The summed E-state index contributed by atoms with van der Waals surface area (Å²) in [6, 6.07) is 7.68. The molecule has 0 saturated heterocycles. The van der Waals surface area contributed by atoms with Crippen molar-refractivity contribution in [3.05, 3.63) is 24.3 Å². The lowest BCUT2D eigenvalue weighted by molar-refractivity contribution is -0.126. The van der Waals surface area contributed by atoms with Gasteiger partial charge < -0.3 is 10.6 Å². The molecule has 1 heterocycles. The van der Waals surface area contributed by atoms with Crippen molar-refractivity contribution < 1.29 is 9.59 Å². The van der Waals surface area contributed by atoms with Gasteiger partial charge in [0, 0.05) is 24.1 Å². The number of amides is 2. The van der Waals surface area contributed by atoms with E-state index >= 15 is 0 Å². The molecule has 5 heteroatoms. The van der Waals surface area contributed by atoms with Crippen molar-refractivity contribution in [3.63, 3.8) is 0 Å². The Bertz CT molecular complexity index is 448. The van der Waals surface area contributed by atoms with E-state index < -0.39 is 0 Å². The van der Waals surface area contributed by atoms with E-state index in [2.05, 4.69) is 10.6 Å². The zero-order valence-electron chi connectivity index (χ0n) is 9.53. The molecule has 0 aliphatic carbocycles. The van der Waals surface area contributed by atoms with Crippen LogP contribution < -0.4 is 10.6 Å². The Kier molecular flexibility index (Phi) is 3.68. The zero-order valence-corrected chi connectivity index (χ0v) is 10.3. The highest BCUT2D eigenvalue weighted by Crippen LogP contribution is 2.32. The predicted molar refractivity (Wildman–Crippen MR) is 68.0 cm³/mol. The number of hydrogen-bond donors (Lipinski definition) is 2. The molecular formula is C12H14N2O2S. The van der Waals surface area contributed by atoms with Crippen LogP contribution in [0.5, 0.6) is 0 Å². The van der Waals surface area contributed by atoms with Crippen molar-refractivity contribution >= 4 is 29.3 Å². The van der Waals surface area contributed by atoms with Crippen LogP contribution in [0.2, 0.25) is 0 Å². The number of thioether (sulfide) groups is 1. The second kappa shape index (κ2) is 5.23. The maximum Gasteiger partial charge on any atom is 0.228 e. The van der Waals surface area contributed by atoms with Gasteiger partial charge >= 0.3 is 0 Å². The van der Waals surface area contributed by atoms with Crippen molar-refractivity contribution in [2.75, 3.05) is 18.1 Å². The Morgan fingerprint density at radius 3 is 3.06 bits per heavy atom. The third-order valence-corrected chi connectivity index (χ3v) is 3.90. The lowest BCUT2D eigenvalue weighted by Gasteiger charge is -2.11. The SMILES string of the molecule is CNC(=O)C[C@@H]1CSc2ccccc2NC1=O. The van der Waals surface area contributed by atoms with E-state index in [1.807, 2.05) is 24.3 Å². The molecule has 0 fully saturated rings. The molecule has 2 amide bonds. The Balaban J connectivity index is 2.12. The zero-order chi connectivity index (χ0) is 12.3. The first-order valence-corrected chi connectivity index (χ1v) is 6.42. The second-order valence-electron chi connectivity index (χ2n) is 3.87. The van der Waals surface area contributed by atoms with Crippen molar-refractivity contribution in [3.8, 4) is 0 Å². The molecule has 0 bridgehead atoms. The minimum Gasteiger partial charge on any atom is -0.359 e. The molecule has 1 atom stereocenters. The summed E-state index contributed by atoms with van der Waals surface area (Å²) in [5, 5.41) is 5.41. The molecule has 0 saturated carbocycles. The first-order chi connectivity index (χ1) is 8.20. The topological polar surface area (TPSA) is 58.2 Å². The van der Waals surface area contributed by atoms with Gasteiger partial charge in [-0.2, -0.15) is 0 Å². The molecule has 1 aliphatic heterocycles. The summed E-state index contributed by atoms with van der Waals surface area (Å²) in [5.41, 5.74) is 0.835. The van der Waals surface area contributed by atoms with Crippen LogP contribution in [-0.2, 0) is 9.59 Å². The van der Waals surface area contributed by atoms with Gasteiger partial charge in [-0.3, -0.25) is 9.59 Å². The molecule has 0 radical (unpaired) electrons. The van der Waals surface area contributed by atoms with Gasteiger partial charge in [-0.1, -0.05) is 12.1 Å². The van der Waals surface area contributed by atoms with Crippen molar-refractivity contribution in [2.24, 2.45) is 5.92 Å². The largest absolute Gasteiger partial charge is 0.359 e. The standard InChI is InChI=1S/C12H14N2O2S/c1-13-11(15)6-8-7-17-10-5-3-2-4-9(10)14-12(8)16/h2-5,8H,6-7H2,1H3,(H,13,15)(H,14,16)/t8-/m1/s1. The van der Waals surface area contributed by atoms with Crippen LogP contribution >= 0.6 is 11.8 Å². The number of anilines is 1. The number of hydrogen-bond acceptors (Lipinski definition) is 3. The van der Waals surface area contributed by atoms with Crippen LogP contribution in [-0.4, -0.2) is 24.6 Å². The van der Waals surface area contributed by atoms with E-state index in [1.54, 1.807) is 18.8 Å². The predicted octanol–water partition coefficient (Wildman–Crippen LogP) is 1.48. The molecule has 0 unspecified atom stereocenters. The summed E-state index contributed by atoms with van der Waals surface area (Å²) in [7, 11) is 1.58. The number of rotatable bonds is 2. The van der Waals surface area contributed by atoms with E-state index in [-0.39, 0.29) is 24.2 Å². The third-order valence-electron chi connectivity index (χ3n) is 2.67. The van der Waals surface area contributed by atoms with Gasteiger partial charge in [-0.15, -0.1) is 11.8 Å². The normalized spacial score (nSPS) is 18.9. The van der Waals surface area contributed by atoms with Gasteiger partial charge in [0.25, 0.3) is 0 Å². The van der Waals surface area contributed by atoms with Crippen LogP contribution in [0, 0.1) is 5.92 Å². The summed E-state index contributed by atoms with van der Waals surface area (Å²) in [4.78, 5) is 24.3. The average molecular weight is 250 g/mol. The molecule has 1 aliphatic rings. The first-order valence-electron chi connectivity index (χ1n) is 5.44. The lowest BCUT2D eigenvalue weighted by atomic mass is 10.1. The van der Waals surface area contributed by atoms with Gasteiger partial charge in [-0.05, 0) is 12.1 Å². The van der Waals surface area contributed by atoms with Gasteiger partial charge in [0.15, 0.2) is 0 Å².